The van der Waals surface area contributed by atoms with Gasteiger partial charge in [0, 0.05) is 18.7 Å². The number of amides is 2. The van der Waals surface area contributed by atoms with Crippen molar-refractivity contribution in [1.82, 2.24) is 30.9 Å². The molecule has 0 atom stereocenters. The third-order valence-electron chi connectivity index (χ3n) is 4.60. The van der Waals surface area contributed by atoms with Gasteiger partial charge in [0.15, 0.2) is 5.69 Å². The van der Waals surface area contributed by atoms with Crippen LogP contribution >= 0.6 is 12.4 Å². The zero-order chi connectivity index (χ0) is 19.1. The van der Waals surface area contributed by atoms with Crippen LogP contribution in [-0.2, 0) is 6.54 Å². The predicted molar refractivity (Wildman–Crippen MR) is 109 cm³/mol. The van der Waals surface area contributed by atoms with Crippen LogP contribution in [0.1, 0.15) is 58.6 Å². The minimum Gasteiger partial charge on any atom is -0.352 e. The summed E-state index contributed by atoms with van der Waals surface area (Å²) in [6, 6.07) is 7.54. The summed E-state index contributed by atoms with van der Waals surface area (Å²) in [6.07, 6.45) is 4.56. The topological polar surface area (TPSA) is 101 Å². The van der Waals surface area contributed by atoms with Gasteiger partial charge in [-0.3, -0.25) is 9.59 Å². The second-order valence-electron chi connectivity index (χ2n) is 6.70. The second kappa shape index (κ2) is 10.8. The number of benzene rings is 1. The zero-order valence-electron chi connectivity index (χ0n) is 16.0. The highest BCUT2D eigenvalue weighted by Gasteiger charge is 2.18. The van der Waals surface area contributed by atoms with E-state index in [1.807, 2.05) is 19.1 Å². The first-order chi connectivity index (χ1) is 13.2. The summed E-state index contributed by atoms with van der Waals surface area (Å²) in [4.78, 5) is 24.4. The number of hydrogen-bond acceptors (Lipinski definition) is 5. The molecule has 3 rings (SSSR count). The van der Waals surface area contributed by atoms with Crippen LogP contribution in [0.3, 0.4) is 0 Å². The maximum atomic E-state index is 12.4. The molecule has 1 aromatic carbocycles. The van der Waals surface area contributed by atoms with Crippen molar-refractivity contribution in [3.8, 4) is 0 Å². The summed E-state index contributed by atoms with van der Waals surface area (Å²) < 4.78 is 1.79. The lowest BCUT2D eigenvalue weighted by Crippen LogP contribution is -2.29. The van der Waals surface area contributed by atoms with Crippen LogP contribution in [0.5, 0.6) is 0 Å². The SMILES string of the molecule is CCCNC(=O)c1cccc(CNC(=O)c2cn(C3CCNCC3)nn2)c1.Cl. The van der Waals surface area contributed by atoms with Gasteiger partial charge in [0.1, 0.15) is 0 Å². The molecular formula is C19H27ClN6O2. The normalized spacial score (nSPS) is 14.2. The predicted octanol–water partition coefficient (Wildman–Crippen LogP) is 1.69. The highest BCUT2D eigenvalue weighted by molar-refractivity contribution is 5.94. The first-order valence-electron chi connectivity index (χ1n) is 9.45. The molecule has 0 spiro atoms. The highest BCUT2D eigenvalue weighted by Crippen LogP contribution is 2.17. The Labute approximate surface area is 170 Å². The van der Waals surface area contributed by atoms with E-state index in [-0.39, 0.29) is 24.2 Å². The van der Waals surface area contributed by atoms with Crippen LogP contribution in [0.15, 0.2) is 30.5 Å². The number of carbonyl (C=O) groups is 2. The Kier molecular flexibility index (Phi) is 8.41. The van der Waals surface area contributed by atoms with Gasteiger partial charge in [-0.05, 0) is 50.0 Å². The van der Waals surface area contributed by atoms with Gasteiger partial charge in [-0.1, -0.05) is 24.3 Å². The highest BCUT2D eigenvalue weighted by atomic mass is 35.5. The molecule has 2 amide bonds. The molecule has 1 aromatic heterocycles. The average Bonchev–Trinajstić information content (AvgIpc) is 3.21. The number of halogens is 1. The number of rotatable bonds is 7. The maximum absolute atomic E-state index is 12.4. The summed E-state index contributed by atoms with van der Waals surface area (Å²) in [6.45, 7) is 4.89. The van der Waals surface area contributed by atoms with Crippen molar-refractivity contribution < 1.29 is 9.59 Å². The standard InChI is InChI=1S/C19H26N6O2.ClH/c1-2-8-21-18(26)15-5-3-4-14(11-15)12-22-19(27)17-13-25(24-23-17)16-6-9-20-10-7-16;/h3-5,11,13,16,20H,2,6-10,12H2,1H3,(H,21,26)(H,22,27);1H. The third kappa shape index (κ3) is 5.77. The Morgan fingerprint density at radius 3 is 2.75 bits per heavy atom. The lowest BCUT2D eigenvalue weighted by molar-refractivity contribution is 0.0942. The van der Waals surface area contributed by atoms with Gasteiger partial charge in [0.2, 0.25) is 0 Å². The van der Waals surface area contributed by atoms with Gasteiger partial charge >= 0.3 is 0 Å². The molecule has 0 radical (unpaired) electrons. The largest absolute Gasteiger partial charge is 0.352 e. The Bertz CT molecular complexity index is 788. The molecular weight excluding hydrogens is 380 g/mol. The molecule has 1 aliphatic rings. The number of hydrogen-bond donors (Lipinski definition) is 3. The van der Waals surface area contributed by atoms with Gasteiger partial charge in [-0.15, -0.1) is 17.5 Å². The smallest absolute Gasteiger partial charge is 0.273 e. The second-order valence-corrected chi connectivity index (χ2v) is 6.70. The summed E-state index contributed by atoms with van der Waals surface area (Å²) >= 11 is 0. The van der Waals surface area contributed by atoms with Crippen molar-refractivity contribution in [2.24, 2.45) is 0 Å². The Morgan fingerprint density at radius 2 is 2.00 bits per heavy atom. The van der Waals surface area contributed by atoms with E-state index in [1.54, 1.807) is 23.0 Å². The molecule has 2 aromatic rings. The number of nitrogens with one attached hydrogen (secondary N) is 3. The molecule has 9 heteroatoms. The Morgan fingerprint density at radius 1 is 1.21 bits per heavy atom. The van der Waals surface area contributed by atoms with Crippen molar-refractivity contribution in [3.05, 3.63) is 47.3 Å². The molecule has 3 N–H and O–H groups in total. The fourth-order valence-corrected chi connectivity index (χ4v) is 3.07. The van der Waals surface area contributed by atoms with Crippen molar-refractivity contribution >= 4 is 24.2 Å². The maximum Gasteiger partial charge on any atom is 0.273 e. The van der Waals surface area contributed by atoms with Crippen LogP contribution in [0, 0.1) is 0 Å². The van der Waals surface area contributed by atoms with E-state index in [4.69, 9.17) is 0 Å². The van der Waals surface area contributed by atoms with E-state index < -0.39 is 0 Å². The molecule has 1 aliphatic heterocycles. The first kappa shape index (κ1) is 21.8. The minimum atomic E-state index is -0.268. The van der Waals surface area contributed by atoms with Crippen molar-refractivity contribution in [2.75, 3.05) is 19.6 Å². The Balaban J connectivity index is 0.00000280. The monoisotopic (exact) mass is 406 g/mol. The van der Waals surface area contributed by atoms with Crippen molar-refractivity contribution in [3.63, 3.8) is 0 Å². The fourth-order valence-electron chi connectivity index (χ4n) is 3.07. The molecule has 0 bridgehead atoms. The molecule has 2 heterocycles. The molecule has 0 aliphatic carbocycles. The van der Waals surface area contributed by atoms with Crippen molar-refractivity contribution in [2.45, 2.75) is 38.8 Å². The van der Waals surface area contributed by atoms with Crippen LogP contribution in [-0.4, -0.2) is 46.4 Å². The molecule has 1 fully saturated rings. The molecule has 152 valence electrons. The van der Waals surface area contributed by atoms with Gasteiger partial charge in [0.05, 0.1) is 12.2 Å². The molecule has 28 heavy (non-hydrogen) atoms. The molecule has 0 unspecified atom stereocenters. The Hall–Kier alpha value is -2.45. The van der Waals surface area contributed by atoms with Gasteiger partial charge in [0.25, 0.3) is 11.8 Å². The summed E-state index contributed by atoms with van der Waals surface area (Å²) in [7, 11) is 0. The molecule has 1 saturated heterocycles. The molecule has 0 saturated carbocycles. The van der Waals surface area contributed by atoms with E-state index >= 15 is 0 Å². The first-order valence-corrected chi connectivity index (χ1v) is 9.45. The van der Waals surface area contributed by atoms with Gasteiger partial charge in [-0.25, -0.2) is 4.68 Å². The van der Waals surface area contributed by atoms with Crippen LogP contribution < -0.4 is 16.0 Å². The summed E-state index contributed by atoms with van der Waals surface area (Å²) in [5.74, 6) is -0.369. The van der Waals surface area contributed by atoms with Crippen LogP contribution in [0.25, 0.3) is 0 Å². The number of nitrogens with zero attached hydrogens (tertiary/aromatic N) is 3. The van der Waals surface area contributed by atoms with E-state index in [2.05, 4.69) is 26.3 Å². The number of carbonyl (C=O) groups excluding carboxylic acids is 2. The number of piperidine rings is 1. The van der Waals surface area contributed by atoms with E-state index in [9.17, 15) is 9.59 Å². The van der Waals surface area contributed by atoms with Gasteiger partial charge < -0.3 is 16.0 Å². The van der Waals surface area contributed by atoms with E-state index in [1.165, 1.54) is 0 Å². The van der Waals surface area contributed by atoms with Crippen molar-refractivity contribution in [1.29, 1.82) is 0 Å². The third-order valence-corrected chi connectivity index (χ3v) is 4.60. The summed E-state index contributed by atoms with van der Waals surface area (Å²) in [5.41, 5.74) is 1.76. The fraction of sp³-hybridized carbons (Fsp3) is 0.474. The van der Waals surface area contributed by atoms with Crippen LogP contribution in [0.2, 0.25) is 0 Å². The minimum absolute atomic E-state index is 0. The van der Waals surface area contributed by atoms with E-state index in [0.29, 0.717) is 30.4 Å². The molecule has 8 nitrogen and oxygen atoms in total. The van der Waals surface area contributed by atoms with Gasteiger partial charge in [-0.2, -0.15) is 0 Å². The number of aromatic nitrogens is 3. The average molecular weight is 407 g/mol. The summed E-state index contributed by atoms with van der Waals surface area (Å²) in [5, 5.41) is 17.1. The quantitative estimate of drug-likeness (QED) is 0.649. The van der Waals surface area contributed by atoms with E-state index in [0.717, 1.165) is 37.9 Å². The van der Waals surface area contributed by atoms with Crippen LogP contribution in [0.4, 0.5) is 0 Å². The lowest BCUT2D eigenvalue weighted by atomic mass is 10.1. The lowest BCUT2D eigenvalue weighted by Gasteiger charge is -2.22. The zero-order valence-corrected chi connectivity index (χ0v) is 16.8.